The summed E-state index contributed by atoms with van der Waals surface area (Å²) in [5.41, 5.74) is 2.34. The number of para-hydroxylation sites is 2. The lowest BCUT2D eigenvalue weighted by molar-refractivity contribution is -0.128. The lowest BCUT2D eigenvalue weighted by Gasteiger charge is -2.34. The van der Waals surface area contributed by atoms with Crippen LogP contribution >= 0.6 is 0 Å². The number of carbonyl (C=O) groups is 2. The number of ether oxygens (including phenoxy) is 2. The van der Waals surface area contributed by atoms with Crippen LogP contribution in [-0.2, 0) is 26.2 Å². The summed E-state index contributed by atoms with van der Waals surface area (Å²) in [5, 5.41) is 2.87. The minimum absolute atomic E-state index is 0.0162. The van der Waals surface area contributed by atoms with E-state index in [9.17, 15) is 18.0 Å². The van der Waals surface area contributed by atoms with Gasteiger partial charge in [0.25, 0.3) is 11.8 Å². The number of amides is 2. The molecule has 5 rings (SSSR count). The number of anilines is 1. The number of nitrogens with one attached hydrogen (secondary N) is 2. The van der Waals surface area contributed by atoms with Crippen LogP contribution in [0.4, 0.5) is 5.69 Å². The molecule has 1 aliphatic heterocycles. The normalized spacial score (nSPS) is 15.2. The van der Waals surface area contributed by atoms with Gasteiger partial charge in [0.15, 0.2) is 12.7 Å². The Bertz CT molecular complexity index is 1630. The van der Waals surface area contributed by atoms with E-state index in [0.29, 0.717) is 23.7 Å². The number of hydrogen-bond donors (Lipinski definition) is 2. The zero-order chi connectivity index (χ0) is 29.5. The maximum absolute atomic E-state index is 13.3. The van der Waals surface area contributed by atoms with Crippen molar-refractivity contribution in [2.45, 2.75) is 30.5 Å². The molecule has 2 atom stereocenters. The largest absolute Gasteiger partial charge is 0.484 e. The zero-order valence-corrected chi connectivity index (χ0v) is 23.8. The molecule has 4 aromatic rings. The Morgan fingerprint density at radius 2 is 1.55 bits per heavy atom. The van der Waals surface area contributed by atoms with Gasteiger partial charge in [0.05, 0.1) is 17.1 Å². The van der Waals surface area contributed by atoms with Gasteiger partial charge in [-0.25, -0.2) is 13.1 Å². The molecular formula is C32H31N3O6S. The average molecular weight is 586 g/mol. The molecule has 0 aliphatic carbocycles. The van der Waals surface area contributed by atoms with E-state index >= 15 is 0 Å². The fourth-order valence-corrected chi connectivity index (χ4v) is 5.79. The second-order valence-electron chi connectivity index (χ2n) is 9.80. The Morgan fingerprint density at radius 3 is 2.26 bits per heavy atom. The molecule has 1 heterocycles. The second-order valence-corrected chi connectivity index (χ2v) is 11.5. The third kappa shape index (κ3) is 6.96. The Morgan fingerprint density at radius 1 is 0.905 bits per heavy atom. The Labute approximate surface area is 245 Å². The first-order chi connectivity index (χ1) is 20.3. The molecule has 0 spiro atoms. The summed E-state index contributed by atoms with van der Waals surface area (Å²) in [4.78, 5) is 27.8. The van der Waals surface area contributed by atoms with Gasteiger partial charge >= 0.3 is 0 Å². The molecule has 0 saturated heterocycles. The van der Waals surface area contributed by atoms with Crippen LogP contribution in [0.15, 0.2) is 114 Å². The van der Waals surface area contributed by atoms with Gasteiger partial charge < -0.3 is 19.7 Å². The number of hydrogen-bond acceptors (Lipinski definition) is 6. The number of fused-ring (bicyclic) bond motifs is 1. The maximum Gasteiger partial charge on any atom is 0.265 e. The van der Waals surface area contributed by atoms with Gasteiger partial charge in [0, 0.05) is 12.6 Å². The molecule has 2 amide bonds. The highest BCUT2D eigenvalue weighted by atomic mass is 32.2. The fraction of sp³-hybridized carbons (Fsp3) is 0.188. The van der Waals surface area contributed by atoms with Crippen molar-refractivity contribution in [2.75, 3.05) is 18.1 Å². The Hall–Kier alpha value is -4.67. The predicted octanol–water partition coefficient (Wildman–Crippen LogP) is 4.22. The number of rotatable bonds is 10. The number of carbonyl (C=O) groups excluding carboxylic acids is 2. The molecule has 42 heavy (non-hydrogen) atoms. The SMILES string of the molecule is CC(NS(=O)(=O)c1ccc(OCC(=O)N2CC(C(=O)NCc3ccccc3)Oc3ccccc32)cc1)c1ccccc1. The lowest BCUT2D eigenvalue weighted by atomic mass is 10.1. The summed E-state index contributed by atoms with van der Waals surface area (Å²) in [7, 11) is -3.78. The molecule has 0 saturated carbocycles. The molecule has 1 aliphatic rings. The van der Waals surface area contributed by atoms with Crippen LogP contribution in [0.1, 0.15) is 24.1 Å². The molecule has 4 aromatic carbocycles. The van der Waals surface area contributed by atoms with Crippen LogP contribution in [0.5, 0.6) is 11.5 Å². The first kappa shape index (κ1) is 28.8. The van der Waals surface area contributed by atoms with Gasteiger partial charge in [0.2, 0.25) is 10.0 Å². The van der Waals surface area contributed by atoms with E-state index in [-0.39, 0.29) is 29.9 Å². The fourth-order valence-electron chi connectivity index (χ4n) is 4.55. The molecule has 10 heteroatoms. The van der Waals surface area contributed by atoms with E-state index in [1.807, 2.05) is 60.7 Å². The van der Waals surface area contributed by atoms with Crippen molar-refractivity contribution >= 4 is 27.5 Å². The highest BCUT2D eigenvalue weighted by molar-refractivity contribution is 7.89. The summed E-state index contributed by atoms with van der Waals surface area (Å²) < 4.78 is 40.0. The molecular weight excluding hydrogens is 554 g/mol. The third-order valence-corrected chi connectivity index (χ3v) is 8.36. The van der Waals surface area contributed by atoms with Crippen molar-refractivity contribution in [3.05, 3.63) is 120 Å². The summed E-state index contributed by atoms with van der Waals surface area (Å²) in [6.45, 7) is 1.81. The molecule has 0 radical (unpaired) electrons. The van der Waals surface area contributed by atoms with Crippen molar-refractivity contribution in [1.29, 1.82) is 0 Å². The first-order valence-electron chi connectivity index (χ1n) is 13.5. The van der Waals surface area contributed by atoms with Gasteiger partial charge in [-0.15, -0.1) is 0 Å². The number of nitrogens with zero attached hydrogens (tertiary/aromatic N) is 1. The van der Waals surface area contributed by atoms with E-state index in [1.165, 1.54) is 29.2 Å². The molecule has 2 N–H and O–H groups in total. The van der Waals surface area contributed by atoms with Crippen LogP contribution in [0.2, 0.25) is 0 Å². The summed E-state index contributed by atoms with van der Waals surface area (Å²) >= 11 is 0. The summed E-state index contributed by atoms with van der Waals surface area (Å²) in [6.07, 6.45) is -0.900. The highest BCUT2D eigenvalue weighted by Crippen LogP contribution is 2.33. The van der Waals surface area contributed by atoms with Crippen LogP contribution in [0, 0.1) is 0 Å². The third-order valence-electron chi connectivity index (χ3n) is 6.80. The molecule has 2 unspecified atom stereocenters. The summed E-state index contributed by atoms with van der Waals surface area (Å²) in [5.74, 6) is 0.0431. The Balaban J connectivity index is 1.20. The molecule has 0 fully saturated rings. The molecule has 0 aromatic heterocycles. The first-order valence-corrected chi connectivity index (χ1v) is 15.0. The number of sulfonamides is 1. The number of benzene rings is 4. The lowest BCUT2D eigenvalue weighted by Crippen LogP contribution is -2.51. The predicted molar refractivity (Wildman–Crippen MR) is 159 cm³/mol. The van der Waals surface area contributed by atoms with Gasteiger partial charge in [-0.1, -0.05) is 72.8 Å². The van der Waals surface area contributed by atoms with E-state index in [0.717, 1.165) is 11.1 Å². The van der Waals surface area contributed by atoms with E-state index in [2.05, 4.69) is 10.0 Å². The van der Waals surface area contributed by atoms with Crippen molar-refractivity contribution in [3.8, 4) is 11.5 Å². The Kier molecular flexibility index (Phi) is 8.85. The highest BCUT2D eigenvalue weighted by Gasteiger charge is 2.34. The van der Waals surface area contributed by atoms with Gasteiger partial charge in [-0.2, -0.15) is 0 Å². The van der Waals surface area contributed by atoms with E-state index in [1.54, 1.807) is 31.2 Å². The van der Waals surface area contributed by atoms with E-state index in [4.69, 9.17) is 9.47 Å². The molecule has 216 valence electrons. The van der Waals surface area contributed by atoms with Gasteiger partial charge in [-0.05, 0) is 54.4 Å². The van der Waals surface area contributed by atoms with Crippen molar-refractivity contribution in [1.82, 2.24) is 10.0 Å². The maximum atomic E-state index is 13.3. The molecule has 9 nitrogen and oxygen atoms in total. The van der Waals surface area contributed by atoms with Crippen molar-refractivity contribution in [3.63, 3.8) is 0 Å². The van der Waals surface area contributed by atoms with Crippen LogP contribution in [0.25, 0.3) is 0 Å². The van der Waals surface area contributed by atoms with Gasteiger partial charge in [-0.3, -0.25) is 9.59 Å². The van der Waals surface area contributed by atoms with Crippen molar-refractivity contribution in [2.24, 2.45) is 0 Å². The molecule has 0 bridgehead atoms. The topological polar surface area (TPSA) is 114 Å². The smallest absolute Gasteiger partial charge is 0.265 e. The minimum Gasteiger partial charge on any atom is -0.484 e. The monoisotopic (exact) mass is 585 g/mol. The summed E-state index contributed by atoms with van der Waals surface area (Å²) in [6, 6.07) is 31.2. The van der Waals surface area contributed by atoms with Gasteiger partial charge in [0.1, 0.15) is 11.5 Å². The second kappa shape index (κ2) is 12.9. The van der Waals surface area contributed by atoms with Crippen LogP contribution in [0.3, 0.4) is 0 Å². The zero-order valence-electron chi connectivity index (χ0n) is 23.0. The van der Waals surface area contributed by atoms with Crippen LogP contribution in [-0.4, -0.2) is 39.5 Å². The van der Waals surface area contributed by atoms with E-state index < -0.39 is 22.2 Å². The quantitative estimate of drug-likeness (QED) is 0.288. The minimum atomic E-state index is -3.78. The van der Waals surface area contributed by atoms with Crippen LogP contribution < -0.4 is 24.4 Å². The average Bonchev–Trinajstić information content (AvgIpc) is 3.02. The van der Waals surface area contributed by atoms with Crippen molar-refractivity contribution < 1.29 is 27.5 Å². The standard InChI is InChI=1S/C32H31N3O6S/c1-23(25-12-6-3-7-13-25)34-42(38,39)27-18-16-26(17-19-27)40-22-31(36)35-21-30(41-29-15-9-8-14-28(29)35)32(37)33-20-24-10-4-2-5-11-24/h2-19,23,30,34H,20-22H2,1H3,(H,33,37).